The largest absolute Gasteiger partial charge is 0.352 e. The molecule has 8 heteroatoms. The van der Waals surface area contributed by atoms with E-state index in [9.17, 15) is 9.59 Å². The quantitative estimate of drug-likeness (QED) is 0.754. The number of amides is 2. The zero-order chi connectivity index (χ0) is 14.0. The van der Waals surface area contributed by atoms with E-state index >= 15 is 0 Å². The molecule has 2 fully saturated rings. The zero-order valence-corrected chi connectivity index (χ0v) is 14.3. The van der Waals surface area contributed by atoms with Crippen molar-refractivity contribution in [1.29, 1.82) is 0 Å². The van der Waals surface area contributed by atoms with Gasteiger partial charge in [-0.25, -0.2) is 0 Å². The summed E-state index contributed by atoms with van der Waals surface area (Å²) in [5.74, 6) is 0.0796. The summed E-state index contributed by atoms with van der Waals surface area (Å²) in [4.78, 5) is 27.6. The topological polar surface area (TPSA) is 78.7 Å². The molecule has 2 amide bonds. The molecule has 3 N–H and O–H groups in total. The van der Waals surface area contributed by atoms with Crippen molar-refractivity contribution in [2.75, 3.05) is 32.7 Å². The Bertz CT molecular complexity index is 362. The molecule has 21 heavy (non-hydrogen) atoms. The van der Waals surface area contributed by atoms with Crippen LogP contribution in [0.2, 0.25) is 0 Å². The van der Waals surface area contributed by atoms with Gasteiger partial charge in [-0.15, -0.1) is 24.8 Å². The van der Waals surface area contributed by atoms with Gasteiger partial charge in [0.1, 0.15) is 0 Å². The molecule has 124 valence electrons. The molecule has 1 heterocycles. The number of rotatable bonds is 4. The number of hydrogen-bond donors (Lipinski definition) is 2. The minimum atomic E-state index is -0.814. The second-order valence-corrected chi connectivity index (χ2v) is 6.13. The predicted molar refractivity (Wildman–Crippen MR) is 86.9 cm³/mol. The first kappa shape index (κ1) is 20.4. The second-order valence-electron chi connectivity index (χ2n) is 6.13. The van der Waals surface area contributed by atoms with Crippen molar-refractivity contribution in [1.82, 2.24) is 15.1 Å². The summed E-state index contributed by atoms with van der Waals surface area (Å²) in [7, 11) is 0. The minimum Gasteiger partial charge on any atom is -0.352 e. The van der Waals surface area contributed by atoms with E-state index in [0.29, 0.717) is 25.7 Å². The lowest BCUT2D eigenvalue weighted by Gasteiger charge is -2.37. The van der Waals surface area contributed by atoms with Crippen molar-refractivity contribution in [3.8, 4) is 0 Å². The predicted octanol–water partition coefficient (Wildman–Crippen LogP) is -0.00990. The summed E-state index contributed by atoms with van der Waals surface area (Å²) in [6.45, 7) is 6.66. The third kappa shape index (κ3) is 6.38. The molecular weight excluding hydrogens is 315 g/mol. The molecule has 0 radical (unpaired) electrons. The minimum absolute atomic E-state index is 0. The highest BCUT2D eigenvalue weighted by atomic mass is 35.5. The molecule has 0 aromatic carbocycles. The second kappa shape index (κ2) is 8.17. The van der Waals surface area contributed by atoms with Crippen LogP contribution in [0.25, 0.3) is 0 Å². The van der Waals surface area contributed by atoms with Crippen molar-refractivity contribution in [3.05, 3.63) is 0 Å². The van der Waals surface area contributed by atoms with Gasteiger partial charge in [-0.05, 0) is 26.7 Å². The maximum Gasteiger partial charge on any atom is 0.242 e. The Morgan fingerprint density at radius 3 is 2.10 bits per heavy atom. The normalized spacial score (nSPS) is 19.3. The average molecular weight is 341 g/mol. The number of carbonyl (C=O) groups is 2. The number of nitrogens with one attached hydrogen (secondary N) is 1. The van der Waals surface area contributed by atoms with Crippen LogP contribution in [0.15, 0.2) is 0 Å². The lowest BCUT2D eigenvalue weighted by atomic mass is 10.0. The number of piperazine rings is 1. The molecular formula is C13H26Cl2N4O2. The molecule has 1 saturated carbocycles. The lowest BCUT2D eigenvalue weighted by Crippen LogP contribution is -2.57. The van der Waals surface area contributed by atoms with E-state index in [2.05, 4.69) is 10.2 Å². The third-order valence-electron chi connectivity index (χ3n) is 3.52. The average Bonchev–Trinajstić information content (AvgIpc) is 3.11. The van der Waals surface area contributed by atoms with Crippen LogP contribution in [-0.2, 0) is 9.59 Å². The van der Waals surface area contributed by atoms with Gasteiger partial charge in [0.15, 0.2) is 0 Å². The molecule has 0 unspecified atom stereocenters. The summed E-state index contributed by atoms with van der Waals surface area (Å²) in [6, 6.07) is 0.411. The molecule has 0 aromatic rings. The van der Waals surface area contributed by atoms with E-state index in [1.165, 1.54) is 0 Å². The standard InChI is InChI=1S/C13H24N4O2.2ClH/c1-13(2,14)12(19)17-7-5-16(6-8-17)9-11(18)15-10-3-4-10;;/h10H,3-9,14H2,1-2H3,(H,15,18);2*1H. The molecule has 1 aliphatic heterocycles. The first-order valence-electron chi connectivity index (χ1n) is 6.96. The lowest BCUT2D eigenvalue weighted by molar-refractivity contribution is -0.137. The van der Waals surface area contributed by atoms with Crippen molar-refractivity contribution in [2.45, 2.75) is 38.3 Å². The van der Waals surface area contributed by atoms with Crippen LogP contribution >= 0.6 is 24.8 Å². The van der Waals surface area contributed by atoms with Gasteiger partial charge in [0.25, 0.3) is 0 Å². The third-order valence-corrected chi connectivity index (χ3v) is 3.52. The van der Waals surface area contributed by atoms with Gasteiger partial charge in [0.2, 0.25) is 11.8 Å². The highest BCUT2D eigenvalue weighted by Crippen LogP contribution is 2.18. The van der Waals surface area contributed by atoms with Gasteiger partial charge in [-0.3, -0.25) is 14.5 Å². The smallest absolute Gasteiger partial charge is 0.242 e. The highest BCUT2D eigenvalue weighted by Gasteiger charge is 2.31. The van der Waals surface area contributed by atoms with Crippen molar-refractivity contribution in [3.63, 3.8) is 0 Å². The molecule has 2 aliphatic rings. The highest BCUT2D eigenvalue weighted by molar-refractivity contribution is 5.86. The molecule has 2 rings (SSSR count). The Labute approximate surface area is 138 Å². The zero-order valence-electron chi connectivity index (χ0n) is 12.6. The molecule has 0 spiro atoms. The number of carbonyl (C=O) groups excluding carboxylic acids is 2. The van der Waals surface area contributed by atoms with Gasteiger partial charge < -0.3 is 16.0 Å². The Morgan fingerprint density at radius 1 is 1.14 bits per heavy atom. The van der Waals surface area contributed by atoms with Crippen LogP contribution in [0.1, 0.15) is 26.7 Å². The number of halogens is 2. The molecule has 0 bridgehead atoms. The first-order chi connectivity index (χ1) is 8.86. The SMILES string of the molecule is CC(C)(N)C(=O)N1CCN(CC(=O)NC2CC2)CC1.Cl.Cl. The molecule has 0 aromatic heterocycles. The number of hydrogen-bond acceptors (Lipinski definition) is 4. The molecule has 6 nitrogen and oxygen atoms in total. The summed E-state index contributed by atoms with van der Waals surface area (Å²) < 4.78 is 0. The van der Waals surface area contributed by atoms with E-state index in [-0.39, 0.29) is 36.6 Å². The summed E-state index contributed by atoms with van der Waals surface area (Å²) in [5, 5.41) is 2.98. The van der Waals surface area contributed by atoms with Crippen LogP contribution in [0.4, 0.5) is 0 Å². The Balaban J connectivity index is 0.00000200. The monoisotopic (exact) mass is 340 g/mol. The fourth-order valence-corrected chi connectivity index (χ4v) is 2.22. The van der Waals surface area contributed by atoms with E-state index < -0.39 is 5.54 Å². The summed E-state index contributed by atoms with van der Waals surface area (Å²) in [5.41, 5.74) is 5.00. The van der Waals surface area contributed by atoms with E-state index in [4.69, 9.17) is 5.73 Å². The van der Waals surface area contributed by atoms with Crippen molar-refractivity contribution < 1.29 is 9.59 Å². The van der Waals surface area contributed by atoms with Crippen LogP contribution in [-0.4, -0.2) is 65.9 Å². The van der Waals surface area contributed by atoms with Gasteiger partial charge in [0, 0.05) is 32.2 Å². The number of nitrogens with two attached hydrogens (primary N) is 1. The fraction of sp³-hybridized carbons (Fsp3) is 0.846. The van der Waals surface area contributed by atoms with Gasteiger partial charge in [0.05, 0.1) is 12.1 Å². The Morgan fingerprint density at radius 2 is 1.67 bits per heavy atom. The molecule has 0 atom stereocenters. The Hall–Kier alpha value is -0.560. The van der Waals surface area contributed by atoms with Crippen molar-refractivity contribution in [2.24, 2.45) is 5.73 Å². The number of nitrogens with zero attached hydrogens (tertiary/aromatic N) is 2. The van der Waals surface area contributed by atoms with E-state index in [1.54, 1.807) is 18.7 Å². The van der Waals surface area contributed by atoms with Gasteiger partial charge >= 0.3 is 0 Å². The van der Waals surface area contributed by atoms with Crippen LogP contribution in [0.5, 0.6) is 0 Å². The molecule has 1 saturated heterocycles. The van der Waals surface area contributed by atoms with E-state index in [0.717, 1.165) is 25.9 Å². The summed E-state index contributed by atoms with van der Waals surface area (Å²) >= 11 is 0. The Kier molecular flexibility index (Phi) is 7.95. The van der Waals surface area contributed by atoms with Crippen molar-refractivity contribution >= 4 is 36.6 Å². The van der Waals surface area contributed by atoms with Crippen LogP contribution in [0, 0.1) is 0 Å². The summed E-state index contributed by atoms with van der Waals surface area (Å²) in [6.07, 6.45) is 2.22. The van der Waals surface area contributed by atoms with Crippen LogP contribution < -0.4 is 11.1 Å². The van der Waals surface area contributed by atoms with E-state index in [1.807, 2.05) is 0 Å². The van der Waals surface area contributed by atoms with Crippen LogP contribution in [0.3, 0.4) is 0 Å². The first-order valence-corrected chi connectivity index (χ1v) is 6.96. The fourth-order valence-electron chi connectivity index (χ4n) is 2.22. The maximum atomic E-state index is 12.0. The molecule has 1 aliphatic carbocycles. The van der Waals surface area contributed by atoms with Gasteiger partial charge in [-0.2, -0.15) is 0 Å². The van der Waals surface area contributed by atoms with Gasteiger partial charge in [-0.1, -0.05) is 0 Å². The maximum absolute atomic E-state index is 12.0.